The van der Waals surface area contributed by atoms with E-state index in [0.717, 1.165) is 18.9 Å². The van der Waals surface area contributed by atoms with Crippen molar-refractivity contribution in [2.75, 3.05) is 6.54 Å². The summed E-state index contributed by atoms with van der Waals surface area (Å²) >= 11 is 0. The Balaban J connectivity index is 2.09. The molecule has 2 fully saturated rings. The van der Waals surface area contributed by atoms with Gasteiger partial charge in [0.25, 0.3) is 0 Å². The summed E-state index contributed by atoms with van der Waals surface area (Å²) in [5, 5.41) is 13.3. The molecule has 2 saturated carbocycles. The van der Waals surface area contributed by atoms with Gasteiger partial charge in [-0.1, -0.05) is 27.2 Å². The number of nitrogens with zero attached hydrogens (tertiary/aromatic N) is 1. The summed E-state index contributed by atoms with van der Waals surface area (Å²) in [5.74, 6) is 2.68. The first-order chi connectivity index (χ1) is 8.07. The van der Waals surface area contributed by atoms with Gasteiger partial charge in [0.1, 0.15) is 5.54 Å². The molecule has 0 aromatic rings. The Morgan fingerprint density at radius 2 is 2.00 bits per heavy atom. The van der Waals surface area contributed by atoms with Crippen molar-refractivity contribution in [3.63, 3.8) is 0 Å². The van der Waals surface area contributed by atoms with E-state index < -0.39 is 0 Å². The highest BCUT2D eigenvalue weighted by molar-refractivity contribution is 5.14. The van der Waals surface area contributed by atoms with E-state index in [4.69, 9.17) is 0 Å². The second kappa shape index (κ2) is 4.98. The SMILES string of the molecule is CC1CCC(C(C)C)C(C#N)(NCC2CC2)C1. The molecule has 2 nitrogen and oxygen atoms in total. The number of hydrogen-bond donors (Lipinski definition) is 1. The van der Waals surface area contributed by atoms with E-state index in [1.807, 2.05) is 0 Å². The molecule has 0 bridgehead atoms. The van der Waals surface area contributed by atoms with Crippen molar-refractivity contribution < 1.29 is 0 Å². The molecule has 0 aliphatic heterocycles. The normalized spacial score (nSPS) is 38.1. The van der Waals surface area contributed by atoms with Gasteiger partial charge in [-0.25, -0.2) is 0 Å². The van der Waals surface area contributed by atoms with Crippen molar-refractivity contribution in [2.24, 2.45) is 23.7 Å². The van der Waals surface area contributed by atoms with Gasteiger partial charge in [0, 0.05) is 0 Å². The van der Waals surface area contributed by atoms with Crippen LogP contribution in [0.25, 0.3) is 0 Å². The average Bonchev–Trinajstić information content (AvgIpc) is 3.09. The smallest absolute Gasteiger partial charge is 0.110 e. The third-order valence-corrected chi connectivity index (χ3v) is 4.68. The maximum absolute atomic E-state index is 9.70. The predicted octanol–water partition coefficient (Wildman–Crippen LogP) is 3.34. The molecule has 3 unspecified atom stereocenters. The molecule has 0 amide bonds. The molecular weight excluding hydrogens is 208 g/mol. The van der Waals surface area contributed by atoms with Crippen LogP contribution >= 0.6 is 0 Å². The maximum atomic E-state index is 9.70. The van der Waals surface area contributed by atoms with E-state index in [9.17, 15) is 5.26 Å². The highest BCUT2D eigenvalue weighted by atomic mass is 15.0. The van der Waals surface area contributed by atoms with Crippen LogP contribution in [0.3, 0.4) is 0 Å². The van der Waals surface area contributed by atoms with Gasteiger partial charge in [0.05, 0.1) is 6.07 Å². The second-order valence-electron chi connectivity index (χ2n) is 6.64. The molecule has 0 aromatic heterocycles. The van der Waals surface area contributed by atoms with Gasteiger partial charge in [0.15, 0.2) is 0 Å². The minimum atomic E-state index is -0.242. The van der Waals surface area contributed by atoms with Gasteiger partial charge < -0.3 is 0 Å². The zero-order valence-electron chi connectivity index (χ0n) is 11.5. The van der Waals surface area contributed by atoms with Gasteiger partial charge in [-0.15, -0.1) is 0 Å². The molecule has 2 aliphatic carbocycles. The molecule has 2 heteroatoms. The van der Waals surface area contributed by atoms with E-state index in [-0.39, 0.29) is 5.54 Å². The second-order valence-corrected chi connectivity index (χ2v) is 6.64. The van der Waals surface area contributed by atoms with Gasteiger partial charge in [0.2, 0.25) is 0 Å². The van der Waals surface area contributed by atoms with Crippen LogP contribution < -0.4 is 5.32 Å². The monoisotopic (exact) mass is 234 g/mol. The van der Waals surface area contributed by atoms with Gasteiger partial charge in [-0.3, -0.25) is 5.32 Å². The fraction of sp³-hybridized carbons (Fsp3) is 0.933. The van der Waals surface area contributed by atoms with Crippen LogP contribution in [0.5, 0.6) is 0 Å². The number of nitriles is 1. The van der Waals surface area contributed by atoms with Crippen LogP contribution in [0.2, 0.25) is 0 Å². The standard InChI is InChI=1S/C15H26N2/c1-11(2)14-7-4-12(3)8-15(14,10-16)17-9-13-5-6-13/h11-14,17H,4-9H2,1-3H3. The van der Waals surface area contributed by atoms with Crippen LogP contribution in [-0.4, -0.2) is 12.1 Å². The van der Waals surface area contributed by atoms with Crippen molar-refractivity contribution in [3.8, 4) is 6.07 Å². The molecule has 0 radical (unpaired) electrons. The third-order valence-electron chi connectivity index (χ3n) is 4.68. The summed E-state index contributed by atoms with van der Waals surface area (Å²) in [7, 11) is 0. The van der Waals surface area contributed by atoms with Gasteiger partial charge >= 0.3 is 0 Å². The molecule has 17 heavy (non-hydrogen) atoms. The number of nitrogens with one attached hydrogen (secondary N) is 1. The van der Waals surface area contributed by atoms with E-state index in [2.05, 4.69) is 32.2 Å². The molecule has 1 N–H and O–H groups in total. The summed E-state index contributed by atoms with van der Waals surface area (Å²) in [5.41, 5.74) is -0.242. The lowest BCUT2D eigenvalue weighted by Crippen LogP contribution is -2.55. The Hall–Kier alpha value is -0.550. The van der Waals surface area contributed by atoms with Crippen LogP contribution in [-0.2, 0) is 0 Å². The van der Waals surface area contributed by atoms with Crippen molar-refractivity contribution in [3.05, 3.63) is 0 Å². The van der Waals surface area contributed by atoms with Crippen LogP contribution in [0.4, 0.5) is 0 Å². The van der Waals surface area contributed by atoms with E-state index >= 15 is 0 Å². The summed E-state index contributed by atoms with van der Waals surface area (Å²) < 4.78 is 0. The van der Waals surface area contributed by atoms with Gasteiger partial charge in [-0.05, 0) is 55.9 Å². The quantitative estimate of drug-likeness (QED) is 0.810. The molecule has 0 saturated heterocycles. The van der Waals surface area contributed by atoms with E-state index in [0.29, 0.717) is 17.8 Å². The Bertz CT molecular complexity index is 301. The van der Waals surface area contributed by atoms with Gasteiger partial charge in [-0.2, -0.15) is 5.26 Å². The fourth-order valence-electron chi connectivity index (χ4n) is 3.44. The molecule has 0 aromatic carbocycles. The number of rotatable bonds is 4. The molecular formula is C15H26N2. The first-order valence-corrected chi connectivity index (χ1v) is 7.23. The van der Waals surface area contributed by atoms with Crippen molar-refractivity contribution in [1.82, 2.24) is 5.32 Å². The van der Waals surface area contributed by atoms with E-state index in [1.54, 1.807) is 0 Å². The predicted molar refractivity (Wildman–Crippen MR) is 70.4 cm³/mol. The molecule has 2 aliphatic rings. The molecule has 0 spiro atoms. The zero-order chi connectivity index (χ0) is 12.5. The Labute approximate surface area is 106 Å². The zero-order valence-corrected chi connectivity index (χ0v) is 11.5. The van der Waals surface area contributed by atoms with E-state index in [1.165, 1.54) is 25.7 Å². The number of hydrogen-bond acceptors (Lipinski definition) is 2. The Morgan fingerprint density at radius 3 is 2.53 bits per heavy atom. The topological polar surface area (TPSA) is 35.8 Å². The Morgan fingerprint density at radius 1 is 1.29 bits per heavy atom. The van der Waals surface area contributed by atoms with Crippen LogP contribution in [0.1, 0.15) is 52.9 Å². The van der Waals surface area contributed by atoms with Crippen LogP contribution in [0.15, 0.2) is 0 Å². The lowest BCUT2D eigenvalue weighted by molar-refractivity contribution is 0.118. The van der Waals surface area contributed by atoms with Crippen LogP contribution in [0, 0.1) is 35.0 Å². The van der Waals surface area contributed by atoms with Crippen molar-refractivity contribution in [2.45, 2.75) is 58.4 Å². The van der Waals surface area contributed by atoms with Crippen molar-refractivity contribution in [1.29, 1.82) is 5.26 Å². The summed E-state index contributed by atoms with van der Waals surface area (Å²) in [4.78, 5) is 0. The molecule has 96 valence electrons. The first kappa shape index (κ1) is 12.9. The largest absolute Gasteiger partial charge is 0.299 e. The fourth-order valence-corrected chi connectivity index (χ4v) is 3.44. The lowest BCUT2D eigenvalue weighted by Gasteiger charge is -2.44. The Kier molecular flexibility index (Phi) is 3.78. The maximum Gasteiger partial charge on any atom is 0.110 e. The lowest BCUT2D eigenvalue weighted by atomic mass is 9.65. The highest BCUT2D eigenvalue weighted by Gasteiger charge is 2.45. The van der Waals surface area contributed by atoms with Crippen molar-refractivity contribution >= 4 is 0 Å². The molecule has 3 atom stereocenters. The average molecular weight is 234 g/mol. The minimum Gasteiger partial charge on any atom is -0.299 e. The molecule has 0 heterocycles. The first-order valence-electron chi connectivity index (χ1n) is 7.23. The minimum absolute atomic E-state index is 0.242. The molecule has 2 rings (SSSR count). The summed E-state index contributed by atoms with van der Waals surface area (Å²) in [6.45, 7) is 7.89. The highest BCUT2D eigenvalue weighted by Crippen LogP contribution is 2.41. The summed E-state index contributed by atoms with van der Waals surface area (Å²) in [6.07, 6.45) is 6.26. The third kappa shape index (κ3) is 2.83. The summed E-state index contributed by atoms with van der Waals surface area (Å²) in [6, 6.07) is 2.65.